The highest BCUT2D eigenvalue weighted by molar-refractivity contribution is 6.21. The SMILES string of the molecule is O=C1N=C(N2CCN(C(=O)c3cccc(C(F)(F)F)c3)CC2)N=C2C=CC=CC12. The monoisotopic (exact) mass is 402 g/mol. The Balaban J connectivity index is 1.43. The first-order valence-corrected chi connectivity index (χ1v) is 9.10. The number of piperazine rings is 1. The maximum atomic E-state index is 12.9. The van der Waals surface area contributed by atoms with Crippen molar-refractivity contribution in [3.63, 3.8) is 0 Å². The molecule has 150 valence electrons. The van der Waals surface area contributed by atoms with Crippen molar-refractivity contribution in [1.29, 1.82) is 0 Å². The minimum atomic E-state index is -4.50. The molecule has 0 bridgehead atoms. The predicted octanol–water partition coefficient (Wildman–Crippen LogP) is 2.54. The summed E-state index contributed by atoms with van der Waals surface area (Å²) in [5, 5.41) is 0. The highest BCUT2D eigenvalue weighted by Crippen LogP contribution is 2.30. The van der Waals surface area contributed by atoms with Crippen LogP contribution in [0.4, 0.5) is 13.2 Å². The number of carbonyl (C=O) groups is 2. The molecule has 1 unspecified atom stereocenters. The molecule has 0 radical (unpaired) electrons. The molecule has 4 rings (SSSR count). The van der Waals surface area contributed by atoms with Gasteiger partial charge in [-0.25, -0.2) is 4.99 Å². The van der Waals surface area contributed by atoms with E-state index in [1.807, 2.05) is 4.90 Å². The second kappa shape index (κ2) is 7.31. The Morgan fingerprint density at radius 1 is 1.07 bits per heavy atom. The second-order valence-electron chi connectivity index (χ2n) is 6.87. The molecule has 2 heterocycles. The fraction of sp³-hybridized carbons (Fsp3) is 0.300. The van der Waals surface area contributed by atoms with Crippen molar-refractivity contribution < 1.29 is 22.8 Å². The third-order valence-electron chi connectivity index (χ3n) is 4.99. The van der Waals surface area contributed by atoms with E-state index in [2.05, 4.69) is 9.98 Å². The van der Waals surface area contributed by atoms with Gasteiger partial charge in [0.2, 0.25) is 5.96 Å². The molecule has 1 aromatic carbocycles. The van der Waals surface area contributed by atoms with Crippen LogP contribution in [0.15, 0.2) is 58.6 Å². The van der Waals surface area contributed by atoms with Crippen molar-refractivity contribution in [2.45, 2.75) is 6.18 Å². The van der Waals surface area contributed by atoms with E-state index < -0.39 is 23.6 Å². The van der Waals surface area contributed by atoms with Crippen molar-refractivity contribution in [3.8, 4) is 0 Å². The van der Waals surface area contributed by atoms with Gasteiger partial charge < -0.3 is 9.80 Å². The first-order chi connectivity index (χ1) is 13.8. The molecule has 1 aromatic rings. The van der Waals surface area contributed by atoms with Gasteiger partial charge in [-0.1, -0.05) is 24.3 Å². The summed E-state index contributed by atoms with van der Waals surface area (Å²) in [6.45, 7) is 1.37. The number of nitrogens with zero attached hydrogens (tertiary/aromatic N) is 4. The lowest BCUT2D eigenvalue weighted by Gasteiger charge is -2.36. The van der Waals surface area contributed by atoms with Crippen molar-refractivity contribution in [2.24, 2.45) is 15.9 Å². The molecule has 0 spiro atoms. The van der Waals surface area contributed by atoms with Crippen LogP contribution < -0.4 is 0 Å². The molecule has 1 atom stereocenters. The molecule has 0 aromatic heterocycles. The van der Waals surface area contributed by atoms with Crippen molar-refractivity contribution in [2.75, 3.05) is 26.2 Å². The average Bonchev–Trinajstić information content (AvgIpc) is 2.73. The normalized spacial score (nSPS) is 21.6. The third-order valence-corrected chi connectivity index (χ3v) is 4.99. The summed E-state index contributed by atoms with van der Waals surface area (Å²) in [5.41, 5.74) is -0.220. The summed E-state index contributed by atoms with van der Waals surface area (Å²) < 4.78 is 38.7. The number of rotatable bonds is 1. The van der Waals surface area contributed by atoms with Crippen LogP contribution in [0.1, 0.15) is 15.9 Å². The number of guanidine groups is 1. The fourth-order valence-electron chi connectivity index (χ4n) is 3.42. The summed E-state index contributed by atoms with van der Waals surface area (Å²) in [6.07, 6.45) is 2.59. The molecular weight excluding hydrogens is 385 g/mol. The number of carbonyl (C=O) groups excluding carboxylic acids is 2. The smallest absolute Gasteiger partial charge is 0.337 e. The molecule has 0 N–H and O–H groups in total. The Labute approximate surface area is 164 Å². The number of halogens is 3. The van der Waals surface area contributed by atoms with Crippen LogP contribution in [-0.2, 0) is 11.0 Å². The summed E-state index contributed by atoms with van der Waals surface area (Å²) in [6, 6.07) is 4.41. The zero-order valence-electron chi connectivity index (χ0n) is 15.3. The van der Waals surface area contributed by atoms with E-state index >= 15 is 0 Å². The largest absolute Gasteiger partial charge is 0.416 e. The Morgan fingerprint density at radius 2 is 1.83 bits per heavy atom. The molecule has 2 aliphatic heterocycles. The van der Waals surface area contributed by atoms with Gasteiger partial charge in [0.1, 0.15) is 5.92 Å². The Bertz CT molecular complexity index is 970. The lowest BCUT2D eigenvalue weighted by molar-refractivity contribution is -0.137. The summed E-state index contributed by atoms with van der Waals surface area (Å²) in [5.74, 6) is -0.878. The molecule has 1 saturated heterocycles. The van der Waals surface area contributed by atoms with E-state index in [0.29, 0.717) is 37.9 Å². The second-order valence-corrected chi connectivity index (χ2v) is 6.87. The minimum absolute atomic E-state index is 0.000625. The fourth-order valence-corrected chi connectivity index (χ4v) is 3.42. The number of allylic oxidation sites excluding steroid dienone is 3. The molecular formula is C20H17F3N4O2. The van der Waals surface area contributed by atoms with Crippen LogP contribution in [0.2, 0.25) is 0 Å². The van der Waals surface area contributed by atoms with Gasteiger partial charge in [-0.3, -0.25) is 9.59 Å². The maximum Gasteiger partial charge on any atom is 0.416 e. The highest BCUT2D eigenvalue weighted by atomic mass is 19.4. The van der Waals surface area contributed by atoms with Gasteiger partial charge >= 0.3 is 6.18 Å². The zero-order chi connectivity index (χ0) is 20.6. The number of hydrogen-bond donors (Lipinski definition) is 0. The number of benzene rings is 1. The molecule has 9 heteroatoms. The van der Waals surface area contributed by atoms with E-state index in [1.165, 1.54) is 17.0 Å². The summed E-state index contributed by atoms with van der Waals surface area (Å²) in [4.78, 5) is 36.6. The van der Waals surface area contributed by atoms with Gasteiger partial charge in [-0.15, -0.1) is 0 Å². The third kappa shape index (κ3) is 3.85. The van der Waals surface area contributed by atoms with Crippen LogP contribution in [0.25, 0.3) is 0 Å². The van der Waals surface area contributed by atoms with Crippen LogP contribution in [-0.4, -0.2) is 59.5 Å². The standard InChI is InChI=1S/C20H17F3N4O2/c21-20(22,23)14-5-3-4-13(12-14)18(29)26-8-10-27(11-9-26)19-24-16-7-2-1-6-15(16)17(28)25-19/h1-7,12,15H,8-11H2. The maximum absolute atomic E-state index is 12.9. The van der Waals surface area contributed by atoms with Crippen LogP contribution in [0, 0.1) is 5.92 Å². The molecule has 1 fully saturated rings. The van der Waals surface area contributed by atoms with Gasteiger partial charge in [0, 0.05) is 31.7 Å². The van der Waals surface area contributed by atoms with Crippen LogP contribution in [0.3, 0.4) is 0 Å². The lowest BCUT2D eigenvalue weighted by atomic mass is 9.97. The van der Waals surface area contributed by atoms with E-state index in [9.17, 15) is 22.8 Å². The number of fused-ring (bicyclic) bond motifs is 1. The Morgan fingerprint density at radius 3 is 2.55 bits per heavy atom. The zero-order valence-corrected chi connectivity index (χ0v) is 15.3. The van der Waals surface area contributed by atoms with Crippen LogP contribution in [0.5, 0.6) is 0 Å². The summed E-state index contributed by atoms with van der Waals surface area (Å²) >= 11 is 0. The topological polar surface area (TPSA) is 65.3 Å². The number of hydrogen-bond acceptors (Lipinski definition) is 4. The molecule has 29 heavy (non-hydrogen) atoms. The molecule has 2 amide bonds. The van der Waals surface area contributed by atoms with E-state index in [-0.39, 0.29) is 11.5 Å². The van der Waals surface area contributed by atoms with Crippen molar-refractivity contribution >= 4 is 23.5 Å². The molecule has 6 nitrogen and oxygen atoms in total. The van der Waals surface area contributed by atoms with Gasteiger partial charge in [0.25, 0.3) is 11.8 Å². The van der Waals surface area contributed by atoms with Gasteiger partial charge in [-0.05, 0) is 24.3 Å². The quantitative estimate of drug-likeness (QED) is 0.725. The Kier molecular flexibility index (Phi) is 4.81. The van der Waals surface area contributed by atoms with E-state index in [0.717, 1.165) is 12.1 Å². The number of aliphatic imine (C=N–C) groups is 2. The predicted molar refractivity (Wildman–Crippen MR) is 101 cm³/mol. The first-order valence-electron chi connectivity index (χ1n) is 9.10. The lowest BCUT2D eigenvalue weighted by Crippen LogP contribution is -2.51. The first kappa shape index (κ1) is 19.1. The number of alkyl halides is 3. The van der Waals surface area contributed by atoms with E-state index in [4.69, 9.17) is 0 Å². The van der Waals surface area contributed by atoms with Gasteiger partial charge in [-0.2, -0.15) is 18.2 Å². The van der Waals surface area contributed by atoms with Gasteiger partial charge in [0.05, 0.1) is 11.3 Å². The minimum Gasteiger partial charge on any atom is -0.337 e. The van der Waals surface area contributed by atoms with Crippen molar-refractivity contribution in [3.05, 3.63) is 59.7 Å². The molecule has 3 aliphatic rings. The van der Waals surface area contributed by atoms with Crippen molar-refractivity contribution in [1.82, 2.24) is 9.80 Å². The molecule has 0 saturated carbocycles. The Hall–Kier alpha value is -3.23. The van der Waals surface area contributed by atoms with Crippen LogP contribution >= 0.6 is 0 Å². The highest BCUT2D eigenvalue weighted by Gasteiger charge is 2.33. The average molecular weight is 402 g/mol. The van der Waals surface area contributed by atoms with Gasteiger partial charge in [0.15, 0.2) is 0 Å². The number of amides is 2. The summed E-state index contributed by atoms with van der Waals surface area (Å²) in [7, 11) is 0. The van der Waals surface area contributed by atoms with E-state index in [1.54, 1.807) is 24.3 Å². The molecule has 1 aliphatic carbocycles.